The van der Waals surface area contributed by atoms with Crippen LogP contribution in [0.5, 0.6) is 0 Å². The van der Waals surface area contributed by atoms with Crippen LogP contribution in [0.3, 0.4) is 0 Å². The quantitative estimate of drug-likeness (QED) is 0.697. The Bertz CT molecular complexity index is 123. The molecule has 0 aromatic heterocycles. The Morgan fingerprint density at radius 2 is 2.25 bits per heavy atom. The molecule has 1 rings (SSSR count). The van der Waals surface area contributed by atoms with Crippen LogP contribution < -0.4 is 5.73 Å². The maximum absolute atomic E-state index is 5.73. The molecule has 0 aromatic rings. The van der Waals surface area contributed by atoms with Crippen molar-refractivity contribution in [2.24, 2.45) is 5.73 Å². The van der Waals surface area contributed by atoms with E-state index in [9.17, 15) is 0 Å². The Balaban J connectivity index is 2.20. The van der Waals surface area contributed by atoms with Crippen molar-refractivity contribution >= 4 is 0 Å². The summed E-state index contributed by atoms with van der Waals surface area (Å²) in [5.41, 5.74) is 5.73. The largest absolute Gasteiger partial charge is 0.328 e. The van der Waals surface area contributed by atoms with E-state index in [-0.39, 0.29) is 0 Å². The average molecular weight is 170 g/mol. The summed E-state index contributed by atoms with van der Waals surface area (Å²) in [4.78, 5) is 2.58. The number of hydrogen-bond donors (Lipinski definition) is 1. The first-order valence-corrected chi connectivity index (χ1v) is 5.20. The lowest BCUT2D eigenvalue weighted by Gasteiger charge is -2.33. The van der Waals surface area contributed by atoms with Crippen molar-refractivity contribution in [3.63, 3.8) is 0 Å². The van der Waals surface area contributed by atoms with Gasteiger partial charge < -0.3 is 10.6 Å². The Kier molecular flexibility index (Phi) is 4.02. The molecule has 1 aliphatic heterocycles. The minimum absolute atomic E-state index is 0.360. The van der Waals surface area contributed by atoms with Gasteiger partial charge in [-0.3, -0.25) is 0 Å². The standard InChI is InChI=1S/C10H22N2/c1-9(11)6-8-12-7-4-3-5-10(12)2/h9-10H,3-8,11H2,1-2H3. The van der Waals surface area contributed by atoms with Crippen molar-refractivity contribution in [3.05, 3.63) is 0 Å². The summed E-state index contributed by atoms with van der Waals surface area (Å²) in [6.45, 7) is 6.90. The van der Waals surface area contributed by atoms with Gasteiger partial charge in [-0.2, -0.15) is 0 Å². The molecule has 1 fully saturated rings. The number of likely N-dealkylation sites (tertiary alicyclic amines) is 1. The second-order valence-corrected chi connectivity index (χ2v) is 4.15. The molecule has 0 aromatic carbocycles. The molecule has 1 aliphatic rings. The van der Waals surface area contributed by atoms with E-state index in [2.05, 4.69) is 18.7 Å². The van der Waals surface area contributed by atoms with Gasteiger partial charge in [-0.15, -0.1) is 0 Å². The molecule has 0 saturated carbocycles. The predicted octanol–water partition coefficient (Wildman–Crippen LogP) is 1.60. The lowest BCUT2D eigenvalue weighted by Crippen LogP contribution is -2.39. The molecule has 72 valence electrons. The summed E-state index contributed by atoms with van der Waals surface area (Å²) >= 11 is 0. The molecule has 0 spiro atoms. The summed E-state index contributed by atoms with van der Waals surface area (Å²) in [7, 11) is 0. The number of nitrogens with two attached hydrogens (primary N) is 1. The summed E-state index contributed by atoms with van der Waals surface area (Å²) in [6, 6.07) is 1.15. The van der Waals surface area contributed by atoms with Gasteiger partial charge in [0.25, 0.3) is 0 Å². The predicted molar refractivity (Wildman–Crippen MR) is 53.2 cm³/mol. The van der Waals surface area contributed by atoms with Crippen LogP contribution in [0.2, 0.25) is 0 Å². The maximum atomic E-state index is 5.73. The summed E-state index contributed by atoms with van der Waals surface area (Å²) in [6.07, 6.45) is 5.31. The fourth-order valence-corrected chi connectivity index (χ4v) is 1.86. The van der Waals surface area contributed by atoms with Crippen molar-refractivity contribution in [1.82, 2.24) is 4.90 Å². The Morgan fingerprint density at radius 1 is 1.50 bits per heavy atom. The molecule has 1 saturated heterocycles. The number of piperidine rings is 1. The molecule has 2 nitrogen and oxygen atoms in total. The zero-order valence-corrected chi connectivity index (χ0v) is 8.42. The van der Waals surface area contributed by atoms with Crippen LogP contribution in [0.1, 0.15) is 39.5 Å². The molecular weight excluding hydrogens is 148 g/mol. The van der Waals surface area contributed by atoms with Crippen LogP contribution in [-0.2, 0) is 0 Å². The Hall–Kier alpha value is -0.0800. The highest BCUT2D eigenvalue weighted by Gasteiger charge is 2.17. The highest BCUT2D eigenvalue weighted by molar-refractivity contribution is 4.73. The van der Waals surface area contributed by atoms with E-state index < -0.39 is 0 Å². The number of rotatable bonds is 3. The fraction of sp³-hybridized carbons (Fsp3) is 1.00. The highest BCUT2D eigenvalue weighted by atomic mass is 15.2. The van der Waals surface area contributed by atoms with E-state index in [1.54, 1.807) is 0 Å². The molecular formula is C10H22N2. The Labute approximate surface area is 76.1 Å². The minimum Gasteiger partial charge on any atom is -0.328 e. The van der Waals surface area contributed by atoms with Crippen LogP contribution in [0, 0.1) is 0 Å². The van der Waals surface area contributed by atoms with Crippen LogP contribution >= 0.6 is 0 Å². The molecule has 2 atom stereocenters. The smallest absolute Gasteiger partial charge is 0.00669 e. The molecule has 0 amide bonds. The lowest BCUT2D eigenvalue weighted by molar-refractivity contribution is 0.156. The van der Waals surface area contributed by atoms with Crippen molar-refractivity contribution < 1.29 is 0 Å². The average Bonchev–Trinajstić information content (AvgIpc) is 2.03. The maximum Gasteiger partial charge on any atom is 0.00669 e. The van der Waals surface area contributed by atoms with E-state index in [1.807, 2.05) is 0 Å². The van der Waals surface area contributed by atoms with Crippen molar-refractivity contribution in [2.45, 2.75) is 51.6 Å². The first-order valence-electron chi connectivity index (χ1n) is 5.20. The SMILES string of the molecule is CC(N)CCN1CCCCC1C. The van der Waals surface area contributed by atoms with Gasteiger partial charge in [-0.1, -0.05) is 6.42 Å². The van der Waals surface area contributed by atoms with Gasteiger partial charge in [-0.05, 0) is 46.2 Å². The Morgan fingerprint density at radius 3 is 2.83 bits per heavy atom. The monoisotopic (exact) mass is 170 g/mol. The molecule has 2 heteroatoms. The normalized spacial score (nSPS) is 28.8. The van der Waals surface area contributed by atoms with Crippen LogP contribution in [-0.4, -0.2) is 30.1 Å². The molecule has 0 aliphatic carbocycles. The third-order valence-corrected chi connectivity index (χ3v) is 2.81. The third-order valence-electron chi connectivity index (χ3n) is 2.81. The topological polar surface area (TPSA) is 29.3 Å². The molecule has 12 heavy (non-hydrogen) atoms. The molecule has 2 N–H and O–H groups in total. The first kappa shape index (κ1) is 10.0. The van der Waals surface area contributed by atoms with Gasteiger partial charge in [0.1, 0.15) is 0 Å². The van der Waals surface area contributed by atoms with E-state index in [0.29, 0.717) is 6.04 Å². The van der Waals surface area contributed by atoms with Gasteiger partial charge in [-0.25, -0.2) is 0 Å². The van der Waals surface area contributed by atoms with Gasteiger partial charge in [0.05, 0.1) is 0 Å². The highest BCUT2D eigenvalue weighted by Crippen LogP contribution is 2.16. The van der Waals surface area contributed by atoms with Crippen LogP contribution in [0.15, 0.2) is 0 Å². The van der Waals surface area contributed by atoms with Crippen LogP contribution in [0.4, 0.5) is 0 Å². The summed E-state index contributed by atoms with van der Waals surface area (Å²) in [5.74, 6) is 0. The van der Waals surface area contributed by atoms with Crippen molar-refractivity contribution in [2.75, 3.05) is 13.1 Å². The lowest BCUT2D eigenvalue weighted by atomic mass is 10.0. The summed E-state index contributed by atoms with van der Waals surface area (Å²) in [5, 5.41) is 0. The zero-order valence-electron chi connectivity index (χ0n) is 8.42. The van der Waals surface area contributed by atoms with E-state index >= 15 is 0 Å². The van der Waals surface area contributed by atoms with Crippen molar-refractivity contribution in [1.29, 1.82) is 0 Å². The molecule has 1 heterocycles. The molecule has 2 unspecified atom stereocenters. The van der Waals surface area contributed by atoms with E-state index in [4.69, 9.17) is 5.73 Å². The first-order chi connectivity index (χ1) is 5.70. The minimum atomic E-state index is 0.360. The van der Waals surface area contributed by atoms with E-state index in [0.717, 1.165) is 12.5 Å². The van der Waals surface area contributed by atoms with E-state index in [1.165, 1.54) is 32.4 Å². The number of hydrogen-bond acceptors (Lipinski definition) is 2. The zero-order chi connectivity index (χ0) is 8.97. The fourth-order valence-electron chi connectivity index (χ4n) is 1.86. The molecule has 0 bridgehead atoms. The second-order valence-electron chi connectivity index (χ2n) is 4.15. The van der Waals surface area contributed by atoms with Crippen molar-refractivity contribution in [3.8, 4) is 0 Å². The second kappa shape index (κ2) is 4.83. The third kappa shape index (κ3) is 3.11. The van der Waals surface area contributed by atoms with Gasteiger partial charge in [0.2, 0.25) is 0 Å². The number of nitrogens with zero attached hydrogens (tertiary/aromatic N) is 1. The van der Waals surface area contributed by atoms with Crippen LogP contribution in [0.25, 0.3) is 0 Å². The van der Waals surface area contributed by atoms with Gasteiger partial charge in [0.15, 0.2) is 0 Å². The summed E-state index contributed by atoms with van der Waals surface area (Å²) < 4.78 is 0. The van der Waals surface area contributed by atoms with Gasteiger partial charge >= 0.3 is 0 Å². The van der Waals surface area contributed by atoms with Gasteiger partial charge in [0, 0.05) is 12.1 Å². The molecule has 0 radical (unpaired) electrons.